The second-order valence-corrected chi connectivity index (χ2v) is 5.37. The summed E-state index contributed by atoms with van der Waals surface area (Å²) in [5, 5.41) is 12.2. The van der Waals surface area contributed by atoms with E-state index < -0.39 is 17.9 Å². The molecule has 2 rings (SSSR count). The molecule has 2 aromatic rings. The molecule has 23 heavy (non-hydrogen) atoms. The number of aliphatic hydroxyl groups excluding tert-OH is 1. The topological polar surface area (TPSA) is 70.9 Å². The summed E-state index contributed by atoms with van der Waals surface area (Å²) in [4.78, 5) is 11.5. The van der Waals surface area contributed by atoms with Gasteiger partial charge in [0.2, 0.25) is 0 Å². The van der Waals surface area contributed by atoms with Crippen LogP contribution in [0.5, 0.6) is 0 Å². The van der Waals surface area contributed by atoms with Crippen molar-refractivity contribution in [1.29, 1.82) is 0 Å². The van der Waals surface area contributed by atoms with Gasteiger partial charge in [-0.25, -0.2) is 9.97 Å². The number of pyridine rings is 1. The monoisotopic (exact) mass is 326 g/mol. The molecule has 2 aromatic heterocycles. The van der Waals surface area contributed by atoms with Gasteiger partial charge in [0.25, 0.3) is 0 Å². The van der Waals surface area contributed by atoms with Crippen LogP contribution < -0.4 is 5.32 Å². The summed E-state index contributed by atoms with van der Waals surface area (Å²) in [6.07, 6.45) is -1.68. The molecule has 5 nitrogen and oxygen atoms in total. The van der Waals surface area contributed by atoms with E-state index in [9.17, 15) is 18.3 Å². The Balaban J connectivity index is 2.46. The Labute approximate surface area is 131 Å². The second kappa shape index (κ2) is 6.91. The number of halogens is 3. The van der Waals surface area contributed by atoms with Crippen molar-refractivity contribution < 1.29 is 18.3 Å². The van der Waals surface area contributed by atoms with Crippen molar-refractivity contribution in [3.8, 4) is 11.4 Å². The number of aliphatic hydroxyl groups is 1. The van der Waals surface area contributed by atoms with Gasteiger partial charge >= 0.3 is 6.18 Å². The van der Waals surface area contributed by atoms with E-state index in [0.29, 0.717) is 5.56 Å². The highest BCUT2D eigenvalue weighted by molar-refractivity contribution is 5.57. The van der Waals surface area contributed by atoms with Crippen molar-refractivity contribution in [1.82, 2.24) is 15.0 Å². The van der Waals surface area contributed by atoms with E-state index in [4.69, 9.17) is 0 Å². The maximum atomic E-state index is 13.1. The smallest absolute Gasteiger partial charge is 0.394 e. The predicted molar refractivity (Wildman–Crippen MR) is 79.6 cm³/mol. The first-order valence-electron chi connectivity index (χ1n) is 7.05. The minimum atomic E-state index is -4.59. The molecular formula is C15H17F3N4O. The van der Waals surface area contributed by atoms with Crippen LogP contribution in [0, 0.1) is 5.92 Å². The Kier molecular flexibility index (Phi) is 5.15. The molecule has 0 amide bonds. The number of alkyl halides is 3. The summed E-state index contributed by atoms with van der Waals surface area (Å²) < 4.78 is 39.2. The van der Waals surface area contributed by atoms with Gasteiger partial charge in [0.15, 0.2) is 11.5 Å². The zero-order chi connectivity index (χ0) is 17.0. The summed E-state index contributed by atoms with van der Waals surface area (Å²) in [5.41, 5.74) is -0.610. The van der Waals surface area contributed by atoms with Crippen LogP contribution in [0.4, 0.5) is 19.0 Å². The number of rotatable bonds is 5. The van der Waals surface area contributed by atoms with E-state index in [1.807, 2.05) is 13.8 Å². The molecule has 2 heterocycles. The van der Waals surface area contributed by atoms with Gasteiger partial charge in [0.05, 0.1) is 12.6 Å². The van der Waals surface area contributed by atoms with Gasteiger partial charge in [-0.3, -0.25) is 4.98 Å². The molecule has 0 aliphatic rings. The fraction of sp³-hybridized carbons (Fsp3) is 0.400. The number of aromatic nitrogens is 3. The molecule has 0 aliphatic carbocycles. The minimum absolute atomic E-state index is 0.0203. The summed E-state index contributed by atoms with van der Waals surface area (Å²) in [6.45, 7) is 3.49. The van der Waals surface area contributed by atoms with Crippen LogP contribution in [0.3, 0.4) is 0 Å². The van der Waals surface area contributed by atoms with Crippen molar-refractivity contribution in [3.05, 3.63) is 36.3 Å². The average Bonchev–Trinajstić information content (AvgIpc) is 2.52. The lowest BCUT2D eigenvalue weighted by Crippen LogP contribution is -2.30. The number of anilines is 1. The summed E-state index contributed by atoms with van der Waals surface area (Å²) in [7, 11) is 0. The molecule has 0 fully saturated rings. The first-order valence-corrected chi connectivity index (χ1v) is 7.05. The van der Waals surface area contributed by atoms with Gasteiger partial charge in [-0.15, -0.1) is 0 Å². The van der Waals surface area contributed by atoms with Crippen LogP contribution >= 0.6 is 0 Å². The number of hydrogen-bond acceptors (Lipinski definition) is 5. The second-order valence-electron chi connectivity index (χ2n) is 5.37. The van der Waals surface area contributed by atoms with Crippen LogP contribution in [0.25, 0.3) is 11.4 Å². The van der Waals surface area contributed by atoms with E-state index in [2.05, 4.69) is 20.3 Å². The standard InChI is InChI=1S/C15H17F3N4O/c1-9(2)11(8-23)20-13-7-12(15(16,17)18)21-14(22-13)10-3-5-19-6-4-10/h3-7,9,11,23H,8H2,1-2H3,(H,20,21,22)/t11-/m1/s1. The summed E-state index contributed by atoms with van der Waals surface area (Å²) in [6, 6.07) is 3.50. The normalized spacial score (nSPS) is 13.2. The Morgan fingerprint density at radius 2 is 1.83 bits per heavy atom. The summed E-state index contributed by atoms with van der Waals surface area (Å²) >= 11 is 0. The molecule has 0 saturated carbocycles. The zero-order valence-corrected chi connectivity index (χ0v) is 12.7. The van der Waals surface area contributed by atoms with Crippen molar-refractivity contribution in [3.63, 3.8) is 0 Å². The molecule has 0 spiro atoms. The lowest BCUT2D eigenvalue weighted by Gasteiger charge is -2.21. The molecule has 0 aromatic carbocycles. The van der Waals surface area contributed by atoms with Gasteiger partial charge in [0.1, 0.15) is 5.82 Å². The van der Waals surface area contributed by atoms with Crippen molar-refractivity contribution in [2.75, 3.05) is 11.9 Å². The van der Waals surface area contributed by atoms with Gasteiger partial charge in [-0.1, -0.05) is 13.8 Å². The molecule has 0 aliphatic heterocycles. The first kappa shape index (κ1) is 17.1. The maximum Gasteiger partial charge on any atom is 0.433 e. The Hall–Kier alpha value is -2.22. The van der Waals surface area contributed by atoms with Crippen LogP contribution in [0.2, 0.25) is 0 Å². The highest BCUT2D eigenvalue weighted by atomic mass is 19.4. The molecule has 1 atom stereocenters. The third kappa shape index (κ3) is 4.38. The fourth-order valence-electron chi connectivity index (χ4n) is 1.91. The number of nitrogens with zero attached hydrogens (tertiary/aromatic N) is 3. The van der Waals surface area contributed by atoms with E-state index in [1.54, 1.807) is 0 Å². The molecule has 0 saturated heterocycles. The molecule has 8 heteroatoms. The fourth-order valence-corrected chi connectivity index (χ4v) is 1.91. The van der Waals surface area contributed by atoms with Crippen molar-refractivity contribution in [2.45, 2.75) is 26.1 Å². The lowest BCUT2D eigenvalue weighted by molar-refractivity contribution is -0.141. The zero-order valence-electron chi connectivity index (χ0n) is 12.7. The molecule has 0 unspecified atom stereocenters. The molecule has 0 bridgehead atoms. The van der Waals surface area contributed by atoms with E-state index in [-0.39, 0.29) is 24.2 Å². The molecule has 124 valence electrons. The summed E-state index contributed by atoms with van der Waals surface area (Å²) in [5.74, 6) is -0.00858. The van der Waals surface area contributed by atoms with Crippen LogP contribution in [0.15, 0.2) is 30.6 Å². The SMILES string of the molecule is CC(C)[C@@H](CO)Nc1cc(C(F)(F)F)nc(-c2ccncc2)n1. The largest absolute Gasteiger partial charge is 0.433 e. The van der Waals surface area contributed by atoms with Gasteiger partial charge in [-0.05, 0) is 18.1 Å². The lowest BCUT2D eigenvalue weighted by atomic mass is 10.1. The predicted octanol–water partition coefficient (Wildman–Crippen LogP) is 2.99. The Morgan fingerprint density at radius 3 is 2.35 bits per heavy atom. The number of nitrogens with one attached hydrogen (secondary N) is 1. The highest BCUT2D eigenvalue weighted by Gasteiger charge is 2.34. The van der Waals surface area contributed by atoms with Crippen molar-refractivity contribution >= 4 is 5.82 Å². The van der Waals surface area contributed by atoms with Gasteiger partial charge in [0, 0.05) is 24.0 Å². The molecular weight excluding hydrogens is 309 g/mol. The van der Waals surface area contributed by atoms with E-state index in [1.165, 1.54) is 24.5 Å². The van der Waals surface area contributed by atoms with E-state index >= 15 is 0 Å². The van der Waals surface area contributed by atoms with Crippen LogP contribution in [-0.4, -0.2) is 32.7 Å². The van der Waals surface area contributed by atoms with Gasteiger partial charge in [-0.2, -0.15) is 13.2 Å². The third-order valence-corrected chi connectivity index (χ3v) is 3.29. The quantitative estimate of drug-likeness (QED) is 0.884. The Morgan fingerprint density at radius 1 is 1.17 bits per heavy atom. The average molecular weight is 326 g/mol. The highest BCUT2D eigenvalue weighted by Crippen LogP contribution is 2.31. The molecule has 2 N–H and O–H groups in total. The minimum Gasteiger partial charge on any atom is -0.394 e. The van der Waals surface area contributed by atoms with Gasteiger partial charge < -0.3 is 10.4 Å². The van der Waals surface area contributed by atoms with Crippen molar-refractivity contribution in [2.24, 2.45) is 5.92 Å². The molecule has 0 radical (unpaired) electrons. The van der Waals surface area contributed by atoms with Crippen LogP contribution in [0.1, 0.15) is 19.5 Å². The van der Waals surface area contributed by atoms with Crippen LogP contribution in [-0.2, 0) is 6.18 Å². The number of hydrogen-bond donors (Lipinski definition) is 2. The first-order chi connectivity index (χ1) is 10.8. The Bertz CT molecular complexity index is 647. The van der Waals surface area contributed by atoms with E-state index in [0.717, 1.165) is 6.07 Å². The maximum absolute atomic E-state index is 13.1. The third-order valence-electron chi connectivity index (χ3n) is 3.29.